The Bertz CT molecular complexity index is 1300. The zero-order valence-electron chi connectivity index (χ0n) is 14.9. The number of amides is 1. The van der Waals surface area contributed by atoms with E-state index in [2.05, 4.69) is 4.99 Å². The molecule has 0 spiro atoms. The lowest BCUT2D eigenvalue weighted by Gasteiger charge is -2.05. The summed E-state index contributed by atoms with van der Waals surface area (Å²) < 4.78 is 28.1. The monoisotopic (exact) mass is 401 g/mol. The third kappa shape index (κ3) is 3.30. The molecular formula is C19H16FN3O4S. The number of ether oxygens (including phenoxy) is 1. The van der Waals surface area contributed by atoms with Crippen LogP contribution in [0.15, 0.2) is 56.7 Å². The molecule has 144 valence electrons. The smallest absolute Gasteiger partial charge is 0.408 e. The van der Waals surface area contributed by atoms with Gasteiger partial charge in [0.05, 0.1) is 22.3 Å². The highest BCUT2D eigenvalue weighted by Gasteiger charge is 2.14. The van der Waals surface area contributed by atoms with Crippen LogP contribution in [0.1, 0.15) is 0 Å². The number of hydrogen-bond donors (Lipinski definition) is 0. The number of oxazole rings is 1. The second-order valence-corrected chi connectivity index (χ2v) is 7.05. The van der Waals surface area contributed by atoms with Crippen molar-refractivity contribution in [2.75, 3.05) is 13.7 Å². The molecule has 0 aliphatic heterocycles. The molecule has 2 heterocycles. The van der Waals surface area contributed by atoms with Gasteiger partial charge >= 0.3 is 5.76 Å². The predicted octanol–water partition coefficient (Wildman–Crippen LogP) is 2.52. The van der Waals surface area contributed by atoms with Gasteiger partial charge in [0.25, 0.3) is 5.91 Å². The first-order chi connectivity index (χ1) is 13.6. The van der Waals surface area contributed by atoms with Crippen molar-refractivity contribution < 1.29 is 18.3 Å². The van der Waals surface area contributed by atoms with Gasteiger partial charge in [-0.25, -0.2) is 9.18 Å². The van der Waals surface area contributed by atoms with Gasteiger partial charge in [0.2, 0.25) is 0 Å². The van der Waals surface area contributed by atoms with E-state index >= 15 is 0 Å². The lowest BCUT2D eigenvalue weighted by Crippen LogP contribution is -2.23. The van der Waals surface area contributed by atoms with Crippen LogP contribution in [-0.4, -0.2) is 28.8 Å². The summed E-state index contributed by atoms with van der Waals surface area (Å²) in [5.74, 6) is -1.55. The van der Waals surface area contributed by atoms with Gasteiger partial charge < -0.3 is 13.7 Å². The molecule has 0 fully saturated rings. The van der Waals surface area contributed by atoms with Crippen LogP contribution < -0.4 is 10.6 Å². The van der Waals surface area contributed by atoms with Gasteiger partial charge in [-0.05, 0) is 24.3 Å². The van der Waals surface area contributed by atoms with Gasteiger partial charge in [0, 0.05) is 13.7 Å². The summed E-state index contributed by atoms with van der Waals surface area (Å²) in [6.45, 7) is 0.419. The first-order valence-electron chi connectivity index (χ1n) is 8.51. The zero-order chi connectivity index (χ0) is 19.7. The molecule has 0 radical (unpaired) electrons. The molecule has 0 saturated carbocycles. The minimum Gasteiger partial charge on any atom is -0.408 e. The fourth-order valence-electron chi connectivity index (χ4n) is 3.00. The van der Waals surface area contributed by atoms with E-state index in [9.17, 15) is 14.0 Å². The van der Waals surface area contributed by atoms with Crippen molar-refractivity contribution in [3.8, 4) is 0 Å². The predicted molar refractivity (Wildman–Crippen MR) is 103 cm³/mol. The standard InChI is InChI=1S/C19H16FN3O4S/c1-26-10-9-22-17-12(20)5-4-8-15(17)28-18(22)21-16(24)11-23-13-6-2-3-7-14(13)27-19(23)25/h2-8H,9-11H2,1H3. The largest absolute Gasteiger partial charge is 0.420 e. The Morgan fingerprint density at radius 2 is 2.04 bits per heavy atom. The summed E-state index contributed by atoms with van der Waals surface area (Å²) in [6, 6.07) is 11.6. The number of benzene rings is 2. The highest BCUT2D eigenvalue weighted by Crippen LogP contribution is 2.20. The van der Waals surface area contributed by atoms with Crippen molar-refractivity contribution in [3.63, 3.8) is 0 Å². The van der Waals surface area contributed by atoms with Crippen LogP contribution in [0.4, 0.5) is 4.39 Å². The third-order valence-electron chi connectivity index (χ3n) is 4.26. The number of carbonyl (C=O) groups is 1. The molecule has 7 nitrogen and oxygen atoms in total. The first-order valence-corrected chi connectivity index (χ1v) is 9.33. The van der Waals surface area contributed by atoms with Crippen LogP contribution in [0.3, 0.4) is 0 Å². The Hall–Kier alpha value is -3.04. The summed E-state index contributed by atoms with van der Waals surface area (Å²) >= 11 is 1.21. The number of fused-ring (bicyclic) bond motifs is 2. The number of rotatable bonds is 5. The van der Waals surface area contributed by atoms with Crippen molar-refractivity contribution >= 4 is 38.6 Å². The second kappa shape index (κ2) is 7.53. The van der Waals surface area contributed by atoms with Gasteiger partial charge in [-0.3, -0.25) is 9.36 Å². The van der Waals surface area contributed by atoms with Gasteiger partial charge in [0.1, 0.15) is 12.4 Å². The number of carbonyl (C=O) groups excluding carboxylic acids is 1. The molecule has 0 saturated heterocycles. The number of para-hydroxylation sites is 3. The van der Waals surface area contributed by atoms with Gasteiger partial charge in [-0.1, -0.05) is 29.5 Å². The topological polar surface area (TPSA) is 78.7 Å². The van der Waals surface area contributed by atoms with Crippen LogP contribution in [-0.2, 0) is 22.6 Å². The van der Waals surface area contributed by atoms with Crippen LogP contribution >= 0.6 is 11.3 Å². The molecule has 0 bridgehead atoms. The zero-order valence-corrected chi connectivity index (χ0v) is 15.7. The average Bonchev–Trinajstić information content (AvgIpc) is 3.18. The van der Waals surface area contributed by atoms with E-state index in [1.54, 1.807) is 48.1 Å². The summed E-state index contributed by atoms with van der Waals surface area (Å²) in [7, 11) is 1.55. The van der Waals surface area contributed by atoms with Gasteiger partial charge in [0.15, 0.2) is 10.4 Å². The van der Waals surface area contributed by atoms with Crippen molar-refractivity contribution in [2.24, 2.45) is 4.99 Å². The molecule has 4 rings (SSSR count). The number of nitrogens with zero attached hydrogens (tertiary/aromatic N) is 3. The molecule has 2 aromatic heterocycles. The van der Waals surface area contributed by atoms with Crippen molar-refractivity contribution in [1.29, 1.82) is 0 Å². The van der Waals surface area contributed by atoms with Crippen LogP contribution in [0.25, 0.3) is 21.3 Å². The second-order valence-electron chi connectivity index (χ2n) is 6.04. The maximum atomic E-state index is 14.3. The SMILES string of the molecule is COCCn1c(=NC(=O)Cn2c(=O)oc3ccccc32)sc2cccc(F)c21. The molecule has 28 heavy (non-hydrogen) atoms. The van der Waals surface area contributed by atoms with Crippen molar-refractivity contribution in [3.05, 3.63) is 63.6 Å². The van der Waals surface area contributed by atoms with Crippen LogP contribution in [0, 0.1) is 5.82 Å². The van der Waals surface area contributed by atoms with E-state index < -0.39 is 17.5 Å². The fraction of sp³-hybridized carbons (Fsp3) is 0.211. The molecule has 1 amide bonds. The maximum absolute atomic E-state index is 14.3. The lowest BCUT2D eigenvalue weighted by atomic mass is 10.3. The van der Waals surface area contributed by atoms with E-state index in [-0.39, 0.29) is 6.54 Å². The van der Waals surface area contributed by atoms with Gasteiger partial charge in [-0.15, -0.1) is 0 Å². The molecular weight excluding hydrogens is 385 g/mol. The molecule has 4 aromatic rings. The van der Waals surface area contributed by atoms with E-state index in [0.717, 1.165) is 0 Å². The molecule has 2 aromatic carbocycles. The summed E-state index contributed by atoms with van der Waals surface area (Å²) in [5.41, 5.74) is 1.30. The van der Waals surface area contributed by atoms with Crippen LogP contribution in [0.2, 0.25) is 0 Å². The Labute approximate surface area is 161 Å². The lowest BCUT2D eigenvalue weighted by molar-refractivity contribution is -0.118. The summed E-state index contributed by atoms with van der Waals surface area (Å²) in [5, 5.41) is 0. The van der Waals surface area contributed by atoms with Crippen molar-refractivity contribution in [1.82, 2.24) is 9.13 Å². The number of halogens is 1. The number of hydrogen-bond acceptors (Lipinski definition) is 5. The first kappa shape index (κ1) is 18.3. The molecule has 0 aliphatic rings. The third-order valence-corrected chi connectivity index (χ3v) is 5.30. The molecule has 0 unspecified atom stereocenters. The molecule has 9 heteroatoms. The minimum atomic E-state index is -0.626. The summed E-state index contributed by atoms with van der Waals surface area (Å²) in [6.07, 6.45) is 0. The number of aromatic nitrogens is 2. The molecule has 0 atom stereocenters. The van der Waals surface area contributed by atoms with Crippen LogP contribution in [0.5, 0.6) is 0 Å². The summed E-state index contributed by atoms with van der Waals surface area (Å²) in [4.78, 5) is 29.1. The highest BCUT2D eigenvalue weighted by atomic mass is 32.1. The van der Waals surface area contributed by atoms with E-state index in [0.29, 0.717) is 39.3 Å². The van der Waals surface area contributed by atoms with E-state index in [1.165, 1.54) is 22.0 Å². The Morgan fingerprint density at radius 1 is 1.21 bits per heavy atom. The van der Waals surface area contributed by atoms with Gasteiger partial charge in [-0.2, -0.15) is 4.99 Å². The normalized spacial score (nSPS) is 12.3. The molecule has 0 N–H and O–H groups in total. The Kier molecular flexibility index (Phi) is 4.93. The maximum Gasteiger partial charge on any atom is 0.420 e. The quantitative estimate of drug-likeness (QED) is 0.515. The minimum absolute atomic E-state index is 0.267. The average molecular weight is 401 g/mol. The Balaban J connectivity index is 1.76. The van der Waals surface area contributed by atoms with E-state index in [1.807, 2.05) is 0 Å². The van der Waals surface area contributed by atoms with E-state index in [4.69, 9.17) is 9.15 Å². The van der Waals surface area contributed by atoms with Crippen molar-refractivity contribution in [2.45, 2.75) is 13.1 Å². The molecule has 0 aliphatic carbocycles. The fourth-order valence-corrected chi connectivity index (χ4v) is 4.09. The number of methoxy groups -OCH3 is 1. The highest BCUT2D eigenvalue weighted by molar-refractivity contribution is 7.16. The Morgan fingerprint density at radius 3 is 2.86 bits per heavy atom. The number of thiazole rings is 1.